The molecule has 41 heavy (non-hydrogen) atoms. The largest absolute Gasteiger partial charge is 0.290 e. The number of aromatic nitrogens is 2. The van der Waals surface area contributed by atoms with Crippen LogP contribution in [-0.2, 0) is 6.42 Å². The van der Waals surface area contributed by atoms with E-state index in [2.05, 4.69) is 133 Å². The number of benzene rings is 5. The van der Waals surface area contributed by atoms with E-state index in [9.17, 15) is 0 Å². The number of allylic oxidation sites excluding steroid dienone is 1. The number of fused-ring (bicyclic) bond motifs is 8. The Bertz CT molecular complexity index is 2310. The van der Waals surface area contributed by atoms with Crippen LogP contribution < -0.4 is 0 Å². The molecule has 3 heterocycles. The van der Waals surface area contributed by atoms with Crippen LogP contribution >= 0.6 is 11.3 Å². The second-order valence-electron chi connectivity index (χ2n) is 11.3. The molecule has 0 N–H and O–H groups in total. The molecular weight excluding hydrogens is 516 g/mol. The Kier molecular flexibility index (Phi) is 4.85. The molecule has 0 amide bonds. The fourth-order valence-corrected chi connectivity index (χ4v) is 8.06. The molecule has 0 aliphatic heterocycles. The predicted octanol–water partition coefficient (Wildman–Crippen LogP) is 10.5. The van der Waals surface area contributed by atoms with E-state index in [0.717, 1.165) is 12.1 Å². The minimum absolute atomic E-state index is 0.554. The Labute approximate surface area is 241 Å². The molecule has 194 valence electrons. The molecule has 0 spiro atoms. The molecule has 1 aliphatic rings. The number of thiophene rings is 1. The first-order chi connectivity index (χ1) is 20.2. The van der Waals surface area contributed by atoms with Crippen molar-refractivity contribution in [1.29, 1.82) is 0 Å². The van der Waals surface area contributed by atoms with Crippen LogP contribution in [0.1, 0.15) is 17.4 Å². The summed E-state index contributed by atoms with van der Waals surface area (Å²) in [6, 6.07) is 37.7. The molecule has 0 saturated carbocycles. The molecule has 0 bridgehead atoms. The van der Waals surface area contributed by atoms with Crippen molar-refractivity contribution in [2.24, 2.45) is 5.92 Å². The van der Waals surface area contributed by atoms with Gasteiger partial charge in [0.05, 0.1) is 0 Å². The van der Waals surface area contributed by atoms with E-state index in [-0.39, 0.29) is 0 Å². The highest BCUT2D eigenvalue weighted by Crippen LogP contribution is 2.45. The molecule has 0 saturated heterocycles. The molecule has 8 aromatic rings. The van der Waals surface area contributed by atoms with Crippen molar-refractivity contribution in [3.63, 3.8) is 0 Å². The number of imidazole rings is 1. The first-order valence-corrected chi connectivity index (χ1v) is 15.1. The standard InChI is InChI=1S/C38H26N2S/c1-23-17-19-33-32(21-23)37-38(41-33)40-22-25(18-20-34(40)39-37)35-28-12-4-6-14-30(28)36(31-15-7-5-13-29(31)35)27-16-8-10-24-9-2-3-11-26(24)27/h2-20,22-23H,21H2,1H3. The van der Waals surface area contributed by atoms with Gasteiger partial charge in [0.25, 0.3) is 0 Å². The lowest BCUT2D eigenvalue weighted by molar-refractivity contribution is 0.723. The van der Waals surface area contributed by atoms with E-state index < -0.39 is 0 Å². The molecule has 0 fully saturated rings. The fraction of sp³-hybridized carbons (Fsp3) is 0.0789. The Balaban J connectivity index is 1.37. The maximum atomic E-state index is 5.10. The van der Waals surface area contributed by atoms with Crippen molar-refractivity contribution < 1.29 is 0 Å². The summed E-state index contributed by atoms with van der Waals surface area (Å²) < 4.78 is 2.31. The van der Waals surface area contributed by atoms with Gasteiger partial charge in [0.1, 0.15) is 16.0 Å². The molecule has 9 rings (SSSR count). The molecule has 3 heteroatoms. The summed E-state index contributed by atoms with van der Waals surface area (Å²) in [4.78, 5) is 7.70. The topological polar surface area (TPSA) is 17.3 Å². The minimum atomic E-state index is 0.554. The zero-order chi connectivity index (χ0) is 27.1. The van der Waals surface area contributed by atoms with Crippen LogP contribution in [0.2, 0.25) is 0 Å². The third-order valence-corrected chi connectivity index (χ3v) is 9.93. The molecule has 1 aliphatic carbocycles. The number of nitrogens with zero attached hydrogens (tertiary/aromatic N) is 2. The van der Waals surface area contributed by atoms with E-state index in [1.54, 1.807) is 0 Å². The summed E-state index contributed by atoms with van der Waals surface area (Å²) in [7, 11) is 0. The Morgan fingerprint density at radius 3 is 2.12 bits per heavy atom. The molecule has 1 unspecified atom stereocenters. The van der Waals surface area contributed by atoms with Crippen molar-refractivity contribution in [3.8, 4) is 22.3 Å². The second kappa shape index (κ2) is 8.63. The monoisotopic (exact) mass is 542 g/mol. The minimum Gasteiger partial charge on any atom is -0.290 e. The van der Waals surface area contributed by atoms with Gasteiger partial charge in [-0.05, 0) is 90.7 Å². The van der Waals surface area contributed by atoms with Crippen molar-refractivity contribution in [2.45, 2.75) is 13.3 Å². The normalized spacial score (nSPS) is 15.0. The number of rotatable bonds is 2. The van der Waals surface area contributed by atoms with Crippen molar-refractivity contribution in [2.75, 3.05) is 0 Å². The highest BCUT2D eigenvalue weighted by molar-refractivity contribution is 7.19. The quantitative estimate of drug-likeness (QED) is 0.199. The molecule has 2 nitrogen and oxygen atoms in total. The summed E-state index contributed by atoms with van der Waals surface area (Å²) in [6.07, 6.45) is 7.99. The summed E-state index contributed by atoms with van der Waals surface area (Å²) in [5, 5.41) is 7.64. The van der Waals surface area contributed by atoms with Crippen molar-refractivity contribution in [1.82, 2.24) is 9.38 Å². The summed E-state index contributed by atoms with van der Waals surface area (Å²) in [5.74, 6) is 0.554. The van der Waals surface area contributed by atoms with Gasteiger partial charge in [-0.2, -0.15) is 0 Å². The van der Waals surface area contributed by atoms with Crippen LogP contribution in [-0.4, -0.2) is 9.38 Å². The SMILES string of the molecule is CC1C=Cc2sc3c(nc4ccc(-c5c6ccccc6c(-c6cccc7ccccc67)c6ccccc56)cn43)c2C1. The molecule has 5 aromatic carbocycles. The van der Waals surface area contributed by atoms with Crippen LogP contribution in [0.25, 0.3) is 76.6 Å². The van der Waals surface area contributed by atoms with E-state index >= 15 is 0 Å². The fourth-order valence-electron chi connectivity index (χ4n) is 6.89. The van der Waals surface area contributed by atoms with Gasteiger partial charge in [0.2, 0.25) is 0 Å². The van der Waals surface area contributed by atoms with Gasteiger partial charge in [-0.1, -0.05) is 104 Å². The van der Waals surface area contributed by atoms with Crippen LogP contribution in [0.5, 0.6) is 0 Å². The highest BCUT2D eigenvalue weighted by Gasteiger charge is 2.22. The zero-order valence-corrected chi connectivity index (χ0v) is 23.5. The van der Waals surface area contributed by atoms with Gasteiger partial charge in [-0.15, -0.1) is 11.3 Å². The lowest BCUT2D eigenvalue weighted by Crippen LogP contribution is -2.00. The van der Waals surface area contributed by atoms with Crippen LogP contribution in [0, 0.1) is 5.92 Å². The maximum Gasteiger partial charge on any atom is 0.138 e. The van der Waals surface area contributed by atoms with E-state index in [1.165, 1.54) is 75.4 Å². The molecule has 1 atom stereocenters. The summed E-state index contributed by atoms with van der Waals surface area (Å²) in [5.41, 5.74) is 8.65. The number of hydrogen-bond donors (Lipinski definition) is 0. The zero-order valence-electron chi connectivity index (χ0n) is 22.6. The first kappa shape index (κ1) is 23.0. The average Bonchev–Trinajstić information content (AvgIpc) is 3.55. The van der Waals surface area contributed by atoms with E-state index in [0.29, 0.717) is 5.92 Å². The van der Waals surface area contributed by atoms with Crippen LogP contribution in [0.4, 0.5) is 0 Å². The predicted molar refractivity (Wildman–Crippen MR) is 176 cm³/mol. The Morgan fingerprint density at radius 2 is 1.37 bits per heavy atom. The lowest BCUT2D eigenvalue weighted by atomic mass is 9.85. The highest BCUT2D eigenvalue weighted by atomic mass is 32.1. The summed E-state index contributed by atoms with van der Waals surface area (Å²) >= 11 is 1.86. The Morgan fingerprint density at radius 1 is 0.707 bits per heavy atom. The van der Waals surface area contributed by atoms with Crippen LogP contribution in [0.3, 0.4) is 0 Å². The van der Waals surface area contributed by atoms with Gasteiger partial charge in [-0.3, -0.25) is 4.40 Å². The van der Waals surface area contributed by atoms with Crippen molar-refractivity contribution >= 4 is 65.7 Å². The smallest absolute Gasteiger partial charge is 0.138 e. The molecular formula is C38H26N2S. The van der Waals surface area contributed by atoms with Gasteiger partial charge in [0, 0.05) is 11.1 Å². The first-order valence-electron chi connectivity index (χ1n) is 14.3. The van der Waals surface area contributed by atoms with Crippen LogP contribution in [0.15, 0.2) is 115 Å². The summed E-state index contributed by atoms with van der Waals surface area (Å²) in [6.45, 7) is 2.29. The second-order valence-corrected chi connectivity index (χ2v) is 12.3. The Hall–Kier alpha value is -4.73. The number of pyridine rings is 1. The molecule has 3 aromatic heterocycles. The van der Waals surface area contributed by atoms with Gasteiger partial charge in [-0.25, -0.2) is 4.98 Å². The van der Waals surface area contributed by atoms with Gasteiger partial charge < -0.3 is 0 Å². The number of hydrogen-bond acceptors (Lipinski definition) is 2. The maximum absolute atomic E-state index is 5.10. The van der Waals surface area contributed by atoms with E-state index in [1.807, 2.05) is 11.3 Å². The third-order valence-electron chi connectivity index (χ3n) is 8.75. The molecule has 0 radical (unpaired) electrons. The van der Waals surface area contributed by atoms with Gasteiger partial charge in [0.15, 0.2) is 0 Å². The van der Waals surface area contributed by atoms with Crippen molar-refractivity contribution in [3.05, 3.63) is 126 Å². The van der Waals surface area contributed by atoms with E-state index in [4.69, 9.17) is 4.98 Å². The lowest BCUT2D eigenvalue weighted by Gasteiger charge is -2.18. The third kappa shape index (κ3) is 3.33. The average molecular weight is 543 g/mol. The van der Waals surface area contributed by atoms with Gasteiger partial charge >= 0.3 is 0 Å².